The van der Waals surface area contributed by atoms with Gasteiger partial charge in [0.2, 0.25) is 0 Å². The Hall–Kier alpha value is 0.360. The molecule has 1 aliphatic carbocycles. The quantitative estimate of drug-likeness (QED) is 0.582. The predicted octanol–water partition coefficient (Wildman–Crippen LogP) is 1.89. The number of aliphatic hydroxyl groups excluding tert-OH is 1. The molecule has 1 N–H and O–H groups in total. The summed E-state index contributed by atoms with van der Waals surface area (Å²) in [4.78, 5) is 11.1. The summed E-state index contributed by atoms with van der Waals surface area (Å²) in [5.41, 5.74) is -0.153. The first-order valence-corrected chi connectivity index (χ1v) is 5.00. The van der Waals surface area contributed by atoms with Crippen molar-refractivity contribution in [2.75, 3.05) is 0 Å². The van der Waals surface area contributed by atoms with Crippen molar-refractivity contribution in [2.45, 2.75) is 38.7 Å². The topological polar surface area (TPSA) is 37.3 Å². The Balaban J connectivity index is 2.55. The van der Waals surface area contributed by atoms with Gasteiger partial charge in [-0.3, -0.25) is 4.79 Å². The third kappa shape index (κ3) is 2.15. The van der Waals surface area contributed by atoms with Gasteiger partial charge in [-0.15, -0.1) is 0 Å². The van der Waals surface area contributed by atoms with Crippen LogP contribution < -0.4 is 0 Å². The van der Waals surface area contributed by atoms with Crippen molar-refractivity contribution in [1.29, 1.82) is 0 Å². The van der Waals surface area contributed by atoms with Crippen molar-refractivity contribution in [1.82, 2.24) is 0 Å². The first-order valence-electron chi connectivity index (χ1n) is 3.92. The second kappa shape index (κ2) is 3.39. The molecule has 3 heteroatoms. The van der Waals surface area contributed by atoms with E-state index < -0.39 is 0 Å². The molecule has 0 atom stereocenters. The molecule has 0 radical (unpaired) electrons. The lowest BCUT2D eigenvalue weighted by Gasteiger charge is -2.32. The van der Waals surface area contributed by atoms with Gasteiger partial charge < -0.3 is 5.11 Å². The van der Waals surface area contributed by atoms with Crippen molar-refractivity contribution in [3.8, 4) is 0 Å². The van der Waals surface area contributed by atoms with E-state index in [4.69, 9.17) is 0 Å². The number of rotatable bonds is 1. The van der Waals surface area contributed by atoms with Crippen LogP contribution in [0.3, 0.4) is 0 Å². The fraction of sp³-hybridized carbons (Fsp3) is 0.875. The SMILES string of the molecule is CC1(C(=O)I)CCC(O)CC1. The summed E-state index contributed by atoms with van der Waals surface area (Å²) < 4.78 is 0.238. The third-order valence-corrected chi connectivity index (χ3v) is 3.84. The van der Waals surface area contributed by atoms with Crippen molar-refractivity contribution in [3.05, 3.63) is 0 Å². The van der Waals surface area contributed by atoms with Crippen LogP contribution in [0.5, 0.6) is 0 Å². The van der Waals surface area contributed by atoms with E-state index in [2.05, 4.69) is 0 Å². The highest BCUT2D eigenvalue weighted by atomic mass is 127. The molecule has 1 aliphatic rings. The Morgan fingerprint density at radius 2 is 2.00 bits per heavy atom. The molecule has 1 fully saturated rings. The molecule has 0 aromatic heterocycles. The van der Waals surface area contributed by atoms with Gasteiger partial charge in [-0.2, -0.15) is 0 Å². The number of halogens is 1. The average Bonchev–Trinajstić information content (AvgIpc) is 1.95. The molecular formula is C8H13IO2. The molecule has 0 saturated heterocycles. The van der Waals surface area contributed by atoms with Crippen LogP contribution in [0.2, 0.25) is 0 Å². The zero-order valence-corrected chi connectivity index (χ0v) is 8.80. The number of hydrogen-bond donors (Lipinski definition) is 1. The number of carbonyl (C=O) groups excluding carboxylic acids is 1. The lowest BCUT2D eigenvalue weighted by molar-refractivity contribution is -0.119. The van der Waals surface area contributed by atoms with Gasteiger partial charge in [0, 0.05) is 28.0 Å². The number of carbonyl (C=O) groups is 1. The highest BCUT2D eigenvalue weighted by Gasteiger charge is 2.35. The summed E-state index contributed by atoms with van der Waals surface area (Å²) in [6.07, 6.45) is 3.08. The van der Waals surface area contributed by atoms with E-state index in [1.165, 1.54) is 0 Å². The van der Waals surface area contributed by atoms with Crippen molar-refractivity contribution in [3.63, 3.8) is 0 Å². The summed E-state index contributed by atoms with van der Waals surface area (Å²) >= 11 is 1.87. The zero-order valence-electron chi connectivity index (χ0n) is 6.64. The monoisotopic (exact) mass is 268 g/mol. The minimum atomic E-state index is -0.168. The summed E-state index contributed by atoms with van der Waals surface area (Å²) in [5, 5.41) is 9.21. The summed E-state index contributed by atoms with van der Waals surface area (Å²) in [7, 11) is 0. The van der Waals surface area contributed by atoms with Gasteiger partial charge in [0.25, 0.3) is 0 Å². The Bertz CT molecular complexity index is 159. The van der Waals surface area contributed by atoms with Crippen molar-refractivity contribution in [2.24, 2.45) is 5.41 Å². The number of aliphatic hydroxyl groups is 1. The lowest BCUT2D eigenvalue weighted by Crippen LogP contribution is -2.31. The molecular weight excluding hydrogens is 255 g/mol. The zero-order chi connectivity index (χ0) is 8.48. The van der Waals surface area contributed by atoms with Crippen molar-refractivity contribution >= 4 is 26.4 Å². The van der Waals surface area contributed by atoms with Gasteiger partial charge in [0.1, 0.15) is 0 Å². The molecule has 0 unspecified atom stereocenters. The fourth-order valence-electron chi connectivity index (χ4n) is 1.44. The van der Waals surface area contributed by atoms with Crippen LogP contribution in [0.4, 0.5) is 0 Å². The maximum absolute atomic E-state index is 11.1. The lowest BCUT2D eigenvalue weighted by atomic mass is 9.76. The summed E-state index contributed by atoms with van der Waals surface area (Å²) in [6.45, 7) is 1.99. The van der Waals surface area contributed by atoms with E-state index in [1.807, 2.05) is 29.5 Å². The standard InChI is InChI=1S/C8H13IO2/c1-8(7(9)11)4-2-6(10)3-5-8/h6,10H,2-5H2,1H3. The van der Waals surface area contributed by atoms with Crippen LogP contribution in [0.15, 0.2) is 0 Å². The second-order valence-corrected chi connectivity index (χ2v) is 4.55. The summed E-state index contributed by atoms with van der Waals surface area (Å²) in [5.74, 6) is 0. The molecule has 0 aromatic rings. The first-order chi connectivity index (χ1) is 5.04. The van der Waals surface area contributed by atoms with Crippen LogP contribution in [0.1, 0.15) is 32.6 Å². The minimum absolute atomic E-state index is 0.153. The van der Waals surface area contributed by atoms with Gasteiger partial charge >= 0.3 is 0 Å². The molecule has 0 bridgehead atoms. The molecule has 0 aromatic carbocycles. The summed E-state index contributed by atoms with van der Waals surface area (Å²) in [6, 6.07) is 0. The Morgan fingerprint density at radius 1 is 1.55 bits per heavy atom. The van der Waals surface area contributed by atoms with Crippen LogP contribution in [-0.4, -0.2) is 15.0 Å². The fourth-order valence-corrected chi connectivity index (χ4v) is 1.98. The third-order valence-electron chi connectivity index (χ3n) is 2.53. The molecule has 1 saturated carbocycles. The van der Waals surface area contributed by atoms with Crippen LogP contribution in [0.25, 0.3) is 0 Å². The molecule has 11 heavy (non-hydrogen) atoms. The van der Waals surface area contributed by atoms with E-state index in [-0.39, 0.29) is 15.3 Å². The Morgan fingerprint density at radius 3 is 2.36 bits per heavy atom. The van der Waals surface area contributed by atoms with E-state index in [0.717, 1.165) is 25.7 Å². The highest BCUT2D eigenvalue weighted by molar-refractivity contribution is 14.1. The molecule has 0 spiro atoms. The van der Waals surface area contributed by atoms with Crippen molar-refractivity contribution < 1.29 is 9.90 Å². The van der Waals surface area contributed by atoms with Gasteiger partial charge in [-0.25, -0.2) is 0 Å². The first kappa shape index (κ1) is 9.45. The van der Waals surface area contributed by atoms with Gasteiger partial charge in [-0.1, -0.05) is 6.92 Å². The van der Waals surface area contributed by atoms with Gasteiger partial charge in [0.15, 0.2) is 3.79 Å². The maximum atomic E-state index is 11.1. The van der Waals surface area contributed by atoms with Crippen LogP contribution >= 0.6 is 22.6 Å². The normalized spacial score (nSPS) is 38.6. The number of hydrogen-bond acceptors (Lipinski definition) is 2. The molecule has 0 heterocycles. The molecule has 0 aliphatic heterocycles. The smallest absolute Gasteiger partial charge is 0.198 e. The molecule has 1 rings (SSSR count). The van der Waals surface area contributed by atoms with E-state index in [9.17, 15) is 9.90 Å². The van der Waals surface area contributed by atoms with E-state index in [1.54, 1.807) is 0 Å². The van der Waals surface area contributed by atoms with E-state index in [0.29, 0.717) is 0 Å². The van der Waals surface area contributed by atoms with Gasteiger partial charge in [0.05, 0.1) is 6.10 Å². The molecule has 64 valence electrons. The molecule has 0 amide bonds. The van der Waals surface area contributed by atoms with Gasteiger partial charge in [-0.05, 0) is 25.7 Å². The second-order valence-electron chi connectivity index (χ2n) is 3.57. The Kier molecular flexibility index (Phi) is 2.91. The van der Waals surface area contributed by atoms with Crippen LogP contribution in [-0.2, 0) is 4.79 Å². The molecule has 2 nitrogen and oxygen atoms in total. The minimum Gasteiger partial charge on any atom is -0.393 e. The van der Waals surface area contributed by atoms with E-state index >= 15 is 0 Å². The largest absolute Gasteiger partial charge is 0.393 e. The van der Waals surface area contributed by atoms with Crippen LogP contribution in [0, 0.1) is 5.41 Å². The maximum Gasteiger partial charge on any atom is 0.198 e. The predicted molar refractivity (Wildman–Crippen MR) is 51.6 cm³/mol. The highest BCUT2D eigenvalue weighted by Crippen LogP contribution is 2.38. The average molecular weight is 268 g/mol. The Labute approximate surface area is 80.5 Å².